The number of rotatable bonds is 10. The van der Waals surface area contributed by atoms with Gasteiger partial charge in [0.05, 0.1) is 0 Å². The van der Waals surface area contributed by atoms with E-state index in [9.17, 15) is 0 Å². The first kappa shape index (κ1) is 14.8. The van der Waals surface area contributed by atoms with Crippen LogP contribution in [0.2, 0.25) is 0 Å². The molecule has 1 heterocycles. The molecule has 0 spiro atoms. The minimum absolute atomic E-state index is 0.221. The van der Waals surface area contributed by atoms with Crippen LogP contribution >= 0.6 is 0 Å². The summed E-state index contributed by atoms with van der Waals surface area (Å²) in [6, 6.07) is 2.02. The fraction of sp³-hybridized carbons (Fsp3) is 0.667. The van der Waals surface area contributed by atoms with Gasteiger partial charge in [0, 0.05) is 25.0 Å². The van der Waals surface area contributed by atoms with Crippen molar-refractivity contribution in [3.05, 3.63) is 18.5 Å². The van der Waals surface area contributed by atoms with Crippen LogP contribution in [0.1, 0.15) is 19.3 Å². The first-order valence-corrected chi connectivity index (χ1v) is 6.50. The molecule has 0 aliphatic rings. The summed E-state index contributed by atoms with van der Waals surface area (Å²) < 4.78 is 0. The first-order valence-electron chi connectivity index (χ1n) is 6.50. The molecule has 0 fully saturated rings. The molecule has 1 unspecified atom stereocenters. The molecule has 1 aromatic rings. The van der Waals surface area contributed by atoms with Crippen LogP contribution in [0.5, 0.6) is 0 Å². The van der Waals surface area contributed by atoms with E-state index in [1.807, 2.05) is 0 Å². The van der Waals surface area contributed by atoms with E-state index in [-0.39, 0.29) is 6.04 Å². The Morgan fingerprint density at radius 2 is 1.89 bits per heavy atom. The monoisotopic (exact) mass is 252 g/mol. The van der Waals surface area contributed by atoms with E-state index >= 15 is 0 Å². The molecular weight excluding hydrogens is 228 g/mol. The molecule has 18 heavy (non-hydrogen) atoms. The van der Waals surface area contributed by atoms with E-state index in [0.29, 0.717) is 12.5 Å². The largest absolute Gasteiger partial charge is 0.354 e. The minimum Gasteiger partial charge on any atom is -0.354 e. The van der Waals surface area contributed by atoms with Crippen molar-refractivity contribution in [3.63, 3.8) is 0 Å². The Bertz CT molecular complexity index is 292. The maximum Gasteiger partial charge on any atom is 0.222 e. The second kappa shape index (κ2) is 9.76. The van der Waals surface area contributed by atoms with Gasteiger partial charge in [0.1, 0.15) is 0 Å². The molecule has 0 aliphatic carbocycles. The van der Waals surface area contributed by atoms with Crippen molar-refractivity contribution in [1.29, 1.82) is 0 Å². The molecule has 6 N–H and O–H groups in total. The molecule has 6 nitrogen and oxygen atoms in total. The summed E-state index contributed by atoms with van der Waals surface area (Å²) in [5.41, 5.74) is 11.3. The lowest BCUT2D eigenvalue weighted by atomic mass is 10.1. The Labute approximate surface area is 109 Å². The zero-order valence-corrected chi connectivity index (χ0v) is 10.8. The summed E-state index contributed by atoms with van der Waals surface area (Å²) in [6.45, 7) is 3.45. The first-order chi connectivity index (χ1) is 8.83. The van der Waals surface area contributed by atoms with Gasteiger partial charge in [0.2, 0.25) is 5.95 Å². The number of nitrogens with one attached hydrogen (secondary N) is 2. The lowest BCUT2D eigenvalue weighted by Gasteiger charge is -2.10. The van der Waals surface area contributed by atoms with Crippen LogP contribution < -0.4 is 22.1 Å². The highest BCUT2D eigenvalue weighted by Crippen LogP contribution is 1.94. The number of nitrogens with zero attached hydrogens (tertiary/aromatic N) is 2. The molecular formula is C12H24N6. The normalized spacial score (nSPS) is 12.3. The van der Waals surface area contributed by atoms with Crippen molar-refractivity contribution in [1.82, 2.24) is 15.3 Å². The Balaban J connectivity index is 1.90. The summed E-state index contributed by atoms with van der Waals surface area (Å²) in [6.07, 6.45) is 6.37. The highest BCUT2D eigenvalue weighted by molar-refractivity contribution is 5.21. The van der Waals surface area contributed by atoms with Crippen molar-refractivity contribution in [2.24, 2.45) is 11.5 Å². The number of hydrogen-bond acceptors (Lipinski definition) is 6. The number of hydrogen-bond donors (Lipinski definition) is 4. The van der Waals surface area contributed by atoms with Gasteiger partial charge in [-0.3, -0.25) is 0 Å². The third-order valence-electron chi connectivity index (χ3n) is 2.61. The van der Waals surface area contributed by atoms with Crippen LogP contribution in [0, 0.1) is 0 Å². The molecule has 0 saturated heterocycles. The maximum absolute atomic E-state index is 5.85. The molecule has 0 radical (unpaired) electrons. The van der Waals surface area contributed by atoms with E-state index in [2.05, 4.69) is 20.6 Å². The highest BCUT2D eigenvalue weighted by Gasteiger charge is 1.99. The zero-order valence-electron chi connectivity index (χ0n) is 10.8. The van der Waals surface area contributed by atoms with Gasteiger partial charge in [-0.2, -0.15) is 0 Å². The second-order valence-corrected chi connectivity index (χ2v) is 4.23. The van der Waals surface area contributed by atoms with Crippen LogP contribution in [0.4, 0.5) is 5.95 Å². The Hall–Kier alpha value is -1.24. The maximum atomic E-state index is 5.85. The van der Waals surface area contributed by atoms with E-state index in [4.69, 9.17) is 11.5 Å². The quantitative estimate of drug-likeness (QED) is 0.435. The SMILES string of the molecule is NCCC(N)CCNCCCNc1ncccn1. The third-order valence-corrected chi connectivity index (χ3v) is 2.61. The summed E-state index contributed by atoms with van der Waals surface area (Å²) in [5, 5.41) is 6.52. The van der Waals surface area contributed by atoms with Crippen LogP contribution in [0.25, 0.3) is 0 Å². The van der Waals surface area contributed by atoms with Crippen LogP contribution in [-0.2, 0) is 0 Å². The van der Waals surface area contributed by atoms with Crippen molar-refractivity contribution in [3.8, 4) is 0 Å². The van der Waals surface area contributed by atoms with Gasteiger partial charge in [-0.05, 0) is 45.0 Å². The molecule has 1 atom stereocenters. The Morgan fingerprint density at radius 1 is 1.11 bits per heavy atom. The smallest absolute Gasteiger partial charge is 0.222 e. The highest BCUT2D eigenvalue weighted by atomic mass is 15.1. The van der Waals surface area contributed by atoms with Gasteiger partial charge in [-0.25, -0.2) is 9.97 Å². The molecule has 0 amide bonds. The van der Waals surface area contributed by atoms with Crippen molar-refractivity contribution in [2.45, 2.75) is 25.3 Å². The lowest BCUT2D eigenvalue weighted by molar-refractivity contribution is 0.535. The molecule has 0 bridgehead atoms. The number of aromatic nitrogens is 2. The summed E-state index contributed by atoms with van der Waals surface area (Å²) in [7, 11) is 0. The number of nitrogens with two attached hydrogens (primary N) is 2. The van der Waals surface area contributed by atoms with E-state index in [1.54, 1.807) is 18.5 Å². The van der Waals surface area contributed by atoms with Gasteiger partial charge in [-0.15, -0.1) is 0 Å². The summed E-state index contributed by atoms with van der Waals surface area (Å²) >= 11 is 0. The molecule has 0 saturated carbocycles. The van der Waals surface area contributed by atoms with Crippen molar-refractivity contribution in [2.75, 3.05) is 31.5 Å². The van der Waals surface area contributed by atoms with Crippen molar-refractivity contribution < 1.29 is 0 Å². The zero-order chi connectivity index (χ0) is 13.1. The Kier molecular flexibility index (Phi) is 8.03. The summed E-state index contributed by atoms with van der Waals surface area (Å²) in [4.78, 5) is 8.17. The van der Waals surface area contributed by atoms with Gasteiger partial charge < -0.3 is 22.1 Å². The van der Waals surface area contributed by atoms with E-state index in [1.165, 1.54) is 0 Å². The van der Waals surface area contributed by atoms with Crippen LogP contribution in [0.3, 0.4) is 0 Å². The molecule has 1 rings (SSSR count). The van der Waals surface area contributed by atoms with Crippen LogP contribution in [0.15, 0.2) is 18.5 Å². The van der Waals surface area contributed by atoms with E-state index in [0.717, 1.165) is 38.9 Å². The Morgan fingerprint density at radius 3 is 2.61 bits per heavy atom. The van der Waals surface area contributed by atoms with Gasteiger partial charge in [-0.1, -0.05) is 0 Å². The van der Waals surface area contributed by atoms with Gasteiger partial charge in [0.15, 0.2) is 0 Å². The molecule has 0 aliphatic heterocycles. The predicted octanol–water partition coefficient (Wildman–Crippen LogP) is -0.0656. The standard InChI is InChI=1S/C12H24N6/c13-5-3-11(14)4-10-15-6-1-7-16-12-17-8-2-9-18-12/h2,8-9,11,15H,1,3-7,10,13-14H2,(H,16,17,18). The lowest BCUT2D eigenvalue weighted by Crippen LogP contribution is -2.29. The van der Waals surface area contributed by atoms with Crippen LogP contribution in [-0.4, -0.2) is 42.2 Å². The van der Waals surface area contributed by atoms with Crippen molar-refractivity contribution >= 4 is 5.95 Å². The fourth-order valence-corrected chi connectivity index (χ4v) is 1.57. The minimum atomic E-state index is 0.221. The fourth-order valence-electron chi connectivity index (χ4n) is 1.57. The van der Waals surface area contributed by atoms with E-state index < -0.39 is 0 Å². The van der Waals surface area contributed by atoms with Gasteiger partial charge >= 0.3 is 0 Å². The third kappa shape index (κ3) is 7.16. The average Bonchev–Trinajstić information content (AvgIpc) is 2.39. The van der Waals surface area contributed by atoms with Gasteiger partial charge in [0.25, 0.3) is 0 Å². The molecule has 6 heteroatoms. The summed E-state index contributed by atoms with van der Waals surface area (Å²) in [5.74, 6) is 0.683. The second-order valence-electron chi connectivity index (χ2n) is 4.23. The average molecular weight is 252 g/mol. The topological polar surface area (TPSA) is 102 Å². The molecule has 102 valence electrons. The predicted molar refractivity (Wildman–Crippen MR) is 74.3 cm³/mol. The number of anilines is 1. The molecule has 0 aromatic carbocycles. The molecule has 1 aromatic heterocycles.